The molecule has 0 saturated heterocycles. The molecule has 0 radical (unpaired) electrons. The van der Waals surface area contributed by atoms with Crippen LogP contribution in [0.1, 0.15) is 15.9 Å². The number of nitro benzene ring substituents is 2. The number of nitro groups is 2. The molecule has 30 heavy (non-hydrogen) atoms. The zero-order valence-electron chi connectivity index (χ0n) is 15.2. The van der Waals surface area contributed by atoms with Crippen molar-refractivity contribution >= 4 is 28.9 Å². The lowest BCUT2D eigenvalue weighted by atomic mass is 10.2. The van der Waals surface area contributed by atoms with E-state index in [1.54, 1.807) is 24.3 Å². The van der Waals surface area contributed by atoms with E-state index in [0.717, 1.165) is 0 Å². The molecular formula is C20H13ClN2O7. The minimum atomic E-state index is -0.714. The molecular weight excluding hydrogens is 416 g/mol. The smallest absolute Gasteiger partial charge is 0.338 e. The third kappa shape index (κ3) is 5.09. The van der Waals surface area contributed by atoms with Crippen LogP contribution in [0.3, 0.4) is 0 Å². The van der Waals surface area contributed by atoms with Crippen molar-refractivity contribution in [1.82, 2.24) is 0 Å². The van der Waals surface area contributed by atoms with Crippen molar-refractivity contribution in [1.29, 1.82) is 0 Å². The van der Waals surface area contributed by atoms with Crippen molar-refractivity contribution in [2.75, 3.05) is 0 Å². The molecule has 3 aromatic rings. The third-order valence-corrected chi connectivity index (χ3v) is 4.20. The number of hydrogen-bond acceptors (Lipinski definition) is 7. The predicted molar refractivity (Wildman–Crippen MR) is 107 cm³/mol. The fourth-order valence-electron chi connectivity index (χ4n) is 2.46. The normalized spacial score (nSPS) is 10.3. The van der Waals surface area contributed by atoms with E-state index in [4.69, 9.17) is 21.1 Å². The summed E-state index contributed by atoms with van der Waals surface area (Å²) < 4.78 is 10.7. The lowest BCUT2D eigenvalue weighted by Gasteiger charge is -2.09. The summed E-state index contributed by atoms with van der Waals surface area (Å²) in [6.45, 7) is -0.224. The maximum absolute atomic E-state index is 12.1. The summed E-state index contributed by atoms with van der Waals surface area (Å²) >= 11 is 5.81. The van der Waals surface area contributed by atoms with E-state index in [2.05, 4.69) is 0 Å². The minimum absolute atomic E-state index is 0.0211. The fraction of sp³-hybridized carbons (Fsp3) is 0.0500. The monoisotopic (exact) mass is 428 g/mol. The number of benzene rings is 3. The zero-order valence-corrected chi connectivity index (χ0v) is 15.9. The standard InChI is InChI=1S/C20H13ClN2O7/c21-15-4-8-17(9-5-15)30-19-10-1-13(11-18(19)23(27)28)12-29-20(24)14-2-6-16(7-3-14)22(25)26/h1-11H,12H2. The summed E-state index contributed by atoms with van der Waals surface area (Å²) in [6.07, 6.45) is 0. The molecule has 0 N–H and O–H groups in total. The highest BCUT2D eigenvalue weighted by Gasteiger charge is 2.18. The summed E-state index contributed by atoms with van der Waals surface area (Å²) in [6, 6.07) is 15.4. The number of nitrogens with zero attached hydrogens (tertiary/aromatic N) is 2. The third-order valence-electron chi connectivity index (χ3n) is 3.95. The van der Waals surface area contributed by atoms with Crippen molar-refractivity contribution in [3.8, 4) is 11.5 Å². The largest absolute Gasteiger partial charge is 0.457 e. The summed E-state index contributed by atoms with van der Waals surface area (Å²) in [5, 5.41) is 22.6. The van der Waals surface area contributed by atoms with Crippen molar-refractivity contribution in [3.05, 3.63) is 103 Å². The zero-order chi connectivity index (χ0) is 21.7. The number of non-ortho nitro benzene ring substituents is 1. The minimum Gasteiger partial charge on any atom is -0.457 e. The van der Waals surface area contributed by atoms with Crippen LogP contribution in [0.15, 0.2) is 66.7 Å². The highest BCUT2D eigenvalue weighted by Crippen LogP contribution is 2.33. The maximum Gasteiger partial charge on any atom is 0.338 e. The number of ether oxygens (including phenoxy) is 2. The lowest BCUT2D eigenvalue weighted by Crippen LogP contribution is -2.06. The van der Waals surface area contributed by atoms with Gasteiger partial charge in [0.1, 0.15) is 12.4 Å². The Kier molecular flexibility index (Phi) is 6.23. The fourth-order valence-corrected chi connectivity index (χ4v) is 2.59. The van der Waals surface area contributed by atoms with Gasteiger partial charge in [0.05, 0.1) is 15.4 Å². The van der Waals surface area contributed by atoms with Gasteiger partial charge in [-0.15, -0.1) is 0 Å². The van der Waals surface area contributed by atoms with E-state index in [0.29, 0.717) is 16.3 Å². The van der Waals surface area contributed by atoms with Gasteiger partial charge >= 0.3 is 11.7 Å². The molecule has 0 unspecified atom stereocenters. The van der Waals surface area contributed by atoms with E-state index < -0.39 is 15.8 Å². The second-order valence-corrected chi connectivity index (χ2v) is 6.43. The van der Waals surface area contributed by atoms with Gasteiger partial charge in [-0.1, -0.05) is 17.7 Å². The summed E-state index contributed by atoms with van der Waals surface area (Å²) in [7, 11) is 0. The molecule has 3 rings (SSSR count). The highest BCUT2D eigenvalue weighted by molar-refractivity contribution is 6.30. The molecule has 0 saturated carbocycles. The van der Waals surface area contributed by atoms with Crippen molar-refractivity contribution in [2.45, 2.75) is 6.61 Å². The SMILES string of the molecule is O=C(OCc1ccc(Oc2ccc(Cl)cc2)c([N+](=O)[O-])c1)c1ccc([N+](=O)[O-])cc1. The van der Waals surface area contributed by atoms with Crippen molar-refractivity contribution in [3.63, 3.8) is 0 Å². The summed E-state index contributed by atoms with van der Waals surface area (Å²) in [5.74, 6) is -0.318. The van der Waals surface area contributed by atoms with E-state index in [-0.39, 0.29) is 29.3 Å². The predicted octanol–water partition coefficient (Wildman–Crippen LogP) is 5.31. The first-order valence-corrected chi connectivity index (χ1v) is 8.83. The van der Waals surface area contributed by atoms with Crippen LogP contribution in [-0.2, 0) is 11.3 Å². The first kappa shape index (κ1) is 20.7. The van der Waals surface area contributed by atoms with Gasteiger partial charge in [-0.3, -0.25) is 20.2 Å². The molecule has 0 aromatic heterocycles. The first-order chi connectivity index (χ1) is 14.3. The Balaban J connectivity index is 1.71. The van der Waals surface area contributed by atoms with Crippen LogP contribution in [0.5, 0.6) is 11.5 Å². The molecule has 9 nitrogen and oxygen atoms in total. The second kappa shape index (κ2) is 9.01. The number of rotatable bonds is 7. The van der Waals surface area contributed by atoms with E-state index in [1.165, 1.54) is 42.5 Å². The Labute approximate surface area is 174 Å². The molecule has 3 aromatic carbocycles. The van der Waals surface area contributed by atoms with Gasteiger partial charge in [-0.25, -0.2) is 4.79 Å². The second-order valence-electron chi connectivity index (χ2n) is 6.00. The lowest BCUT2D eigenvalue weighted by molar-refractivity contribution is -0.385. The van der Waals surface area contributed by atoms with Gasteiger partial charge in [-0.2, -0.15) is 0 Å². The van der Waals surface area contributed by atoms with E-state index >= 15 is 0 Å². The molecule has 10 heteroatoms. The molecule has 0 bridgehead atoms. The Bertz CT molecular complexity index is 1100. The van der Waals surface area contributed by atoms with Gasteiger partial charge in [0, 0.05) is 23.2 Å². The molecule has 152 valence electrons. The van der Waals surface area contributed by atoms with Crippen molar-refractivity contribution < 1.29 is 24.1 Å². The molecule has 0 aliphatic rings. The number of carbonyl (C=O) groups is 1. The van der Waals surface area contributed by atoms with E-state index in [1.807, 2.05) is 0 Å². The van der Waals surface area contributed by atoms with E-state index in [9.17, 15) is 25.0 Å². The van der Waals surface area contributed by atoms with Gasteiger partial charge in [-0.05, 0) is 48.0 Å². The Hall–Kier alpha value is -3.98. The van der Waals surface area contributed by atoms with Crippen LogP contribution < -0.4 is 4.74 Å². The van der Waals surface area contributed by atoms with Crippen LogP contribution in [0, 0.1) is 20.2 Å². The van der Waals surface area contributed by atoms with Gasteiger partial charge in [0.2, 0.25) is 5.75 Å². The molecule has 0 spiro atoms. The molecule has 0 fully saturated rings. The van der Waals surface area contributed by atoms with Gasteiger partial charge in [0.15, 0.2) is 0 Å². The first-order valence-electron chi connectivity index (χ1n) is 8.46. The van der Waals surface area contributed by atoms with Crippen LogP contribution in [0.4, 0.5) is 11.4 Å². The summed E-state index contributed by atoms with van der Waals surface area (Å²) in [5.41, 5.74) is 0.0468. The maximum atomic E-state index is 12.1. The topological polar surface area (TPSA) is 122 Å². The Morgan fingerprint density at radius 1 is 0.900 bits per heavy atom. The van der Waals surface area contributed by atoms with Crippen LogP contribution >= 0.6 is 11.6 Å². The molecule has 0 atom stereocenters. The summed E-state index contributed by atoms with van der Waals surface area (Å²) in [4.78, 5) is 33.0. The van der Waals surface area contributed by atoms with Crippen molar-refractivity contribution in [2.24, 2.45) is 0 Å². The number of halogens is 1. The Morgan fingerprint density at radius 2 is 1.57 bits per heavy atom. The Morgan fingerprint density at radius 3 is 2.17 bits per heavy atom. The molecule has 0 aliphatic carbocycles. The molecule has 0 heterocycles. The highest BCUT2D eigenvalue weighted by atomic mass is 35.5. The number of esters is 1. The number of carbonyl (C=O) groups excluding carboxylic acids is 1. The average molecular weight is 429 g/mol. The number of hydrogen-bond donors (Lipinski definition) is 0. The van der Waals surface area contributed by atoms with Crippen LogP contribution in [0.25, 0.3) is 0 Å². The van der Waals surface area contributed by atoms with Crippen LogP contribution in [0.2, 0.25) is 5.02 Å². The van der Waals surface area contributed by atoms with Gasteiger partial charge < -0.3 is 9.47 Å². The quantitative estimate of drug-likeness (QED) is 0.284. The molecule has 0 aliphatic heterocycles. The van der Waals surface area contributed by atoms with Crippen LogP contribution in [-0.4, -0.2) is 15.8 Å². The average Bonchev–Trinajstić information content (AvgIpc) is 2.74. The molecule has 0 amide bonds. The van der Waals surface area contributed by atoms with Gasteiger partial charge in [0.25, 0.3) is 5.69 Å².